The molecule has 2 aromatic rings. The molecule has 0 unspecified atom stereocenters. The fourth-order valence-electron chi connectivity index (χ4n) is 1.78. The summed E-state index contributed by atoms with van der Waals surface area (Å²) in [6.07, 6.45) is 2.08. The number of tetrazole rings is 1. The van der Waals surface area contributed by atoms with Crippen molar-refractivity contribution in [1.29, 1.82) is 0 Å². The highest BCUT2D eigenvalue weighted by Crippen LogP contribution is 2.11. The molecular formula is C14H20N6O2. The topological polar surface area (TPSA) is 100 Å². The van der Waals surface area contributed by atoms with Gasteiger partial charge >= 0.3 is 0 Å². The van der Waals surface area contributed by atoms with Crippen molar-refractivity contribution in [3.63, 3.8) is 0 Å². The predicted molar refractivity (Wildman–Crippen MR) is 81.2 cm³/mol. The number of aryl methyl sites for hydroxylation is 1. The van der Waals surface area contributed by atoms with Crippen LogP contribution in [0.25, 0.3) is 0 Å². The highest BCUT2D eigenvalue weighted by Gasteiger charge is 2.06. The van der Waals surface area contributed by atoms with Crippen molar-refractivity contribution in [1.82, 2.24) is 20.2 Å². The van der Waals surface area contributed by atoms with E-state index in [0.29, 0.717) is 5.82 Å². The zero-order valence-corrected chi connectivity index (χ0v) is 12.8. The maximum atomic E-state index is 5.87. The SMILES string of the molecule is CCCCn1nnnc1CO/N=C(/N)c1ccc(OC)cc1. The standard InChI is InChI=1S/C14H20N6O2/c1-3-4-9-20-13(16-18-19-20)10-22-17-14(15)11-5-7-12(21-2)8-6-11/h5-8H,3-4,9-10H2,1-2H3,(H2,15,17). The molecule has 0 saturated carbocycles. The average Bonchev–Trinajstić information content (AvgIpc) is 3.00. The van der Waals surface area contributed by atoms with Crippen LogP contribution in [0.2, 0.25) is 0 Å². The second kappa shape index (κ2) is 7.96. The summed E-state index contributed by atoms with van der Waals surface area (Å²) in [5.74, 6) is 1.67. The summed E-state index contributed by atoms with van der Waals surface area (Å²) < 4.78 is 6.80. The van der Waals surface area contributed by atoms with Gasteiger partial charge in [-0.15, -0.1) is 5.10 Å². The largest absolute Gasteiger partial charge is 0.497 e. The molecule has 22 heavy (non-hydrogen) atoms. The molecule has 0 bridgehead atoms. The van der Waals surface area contributed by atoms with Gasteiger partial charge in [-0.1, -0.05) is 18.5 Å². The Morgan fingerprint density at radius 2 is 2.09 bits per heavy atom. The lowest BCUT2D eigenvalue weighted by Gasteiger charge is -2.04. The molecular weight excluding hydrogens is 284 g/mol. The first-order chi connectivity index (χ1) is 10.7. The van der Waals surface area contributed by atoms with Crippen LogP contribution in [-0.2, 0) is 18.0 Å². The van der Waals surface area contributed by atoms with Crippen LogP contribution in [0.5, 0.6) is 5.75 Å². The molecule has 8 nitrogen and oxygen atoms in total. The molecule has 0 spiro atoms. The van der Waals surface area contributed by atoms with Crippen molar-refractivity contribution in [2.45, 2.75) is 32.9 Å². The third kappa shape index (κ3) is 4.18. The smallest absolute Gasteiger partial charge is 0.191 e. The van der Waals surface area contributed by atoms with Gasteiger partial charge in [0.05, 0.1) is 7.11 Å². The molecule has 0 radical (unpaired) electrons. The van der Waals surface area contributed by atoms with Crippen LogP contribution in [-0.4, -0.2) is 33.2 Å². The summed E-state index contributed by atoms with van der Waals surface area (Å²) in [6, 6.07) is 7.24. The molecule has 1 aromatic heterocycles. The normalized spacial score (nSPS) is 11.5. The summed E-state index contributed by atoms with van der Waals surface area (Å²) in [4.78, 5) is 5.24. The summed E-state index contributed by atoms with van der Waals surface area (Å²) in [5.41, 5.74) is 6.63. The highest BCUT2D eigenvalue weighted by molar-refractivity contribution is 5.97. The van der Waals surface area contributed by atoms with Gasteiger partial charge < -0.3 is 15.3 Å². The van der Waals surface area contributed by atoms with E-state index >= 15 is 0 Å². The van der Waals surface area contributed by atoms with Gasteiger partial charge in [0, 0.05) is 12.1 Å². The Hall–Kier alpha value is -2.64. The maximum absolute atomic E-state index is 5.87. The van der Waals surface area contributed by atoms with E-state index in [9.17, 15) is 0 Å². The number of ether oxygens (including phenoxy) is 1. The number of amidine groups is 1. The molecule has 0 amide bonds. The lowest BCUT2D eigenvalue weighted by molar-refractivity contribution is 0.120. The second-order valence-corrected chi connectivity index (χ2v) is 4.65. The Balaban J connectivity index is 1.92. The van der Waals surface area contributed by atoms with E-state index in [-0.39, 0.29) is 12.4 Å². The molecule has 0 aliphatic carbocycles. The van der Waals surface area contributed by atoms with E-state index < -0.39 is 0 Å². The Kier molecular flexibility index (Phi) is 5.70. The minimum atomic E-state index is 0.174. The van der Waals surface area contributed by atoms with E-state index in [4.69, 9.17) is 15.3 Å². The number of rotatable bonds is 8. The molecule has 118 valence electrons. The van der Waals surface area contributed by atoms with Crippen molar-refractivity contribution in [3.8, 4) is 5.75 Å². The lowest BCUT2D eigenvalue weighted by Crippen LogP contribution is -2.14. The number of hydrogen-bond donors (Lipinski definition) is 1. The monoisotopic (exact) mass is 304 g/mol. The predicted octanol–water partition coefficient (Wildman–Crippen LogP) is 1.32. The van der Waals surface area contributed by atoms with Gasteiger partial charge in [0.15, 0.2) is 18.3 Å². The van der Waals surface area contributed by atoms with E-state index in [1.165, 1.54) is 0 Å². The van der Waals surface area contributed by atoms with E-state index in [0.717, 1.165) is 30.7 Å². The van der Waals surface area contributed by atoms with Gasteiger partial charge in [-0.2, -0.15) is 0 Å². The van der Waals surface area contributed by atoms with Gasteiger partial charge in [0.1, 0.15) is 5.75 Å². The number of unbranched alkanes of at least 4 members (excludes halogenated alkanes) is 1. The molecule has 1 heterocycles. The van der Waals surface area contributed by atoms with Crippen LogP contribution in [0.15, 0.2) is 29.4 Å². The second-order valence-electron chi connectivity index (χ2n) is 4.65. The number of nitrogens with zero attached hydrogens (tertiary/aromatic N) is 5. The van der Waals surface area contributed by atoms with Crippen LogP contribution in [0.3, 0.4) is 0 Å². The van der Waals surface area contributed by atoms with Crippen LogP contribution in [0.4, 0.5) is 0 Å². The van der Waals surface area contributed by atoms with Crippen LogP contribution < -0.4 is 10.5 Å². The average molecular weight is 304 g/mol. The van der Waals surface area contributed by atoms with Gasteiger partial charge in [-0.3, -0.25) is 0 Å². The lowest BCUT2D eigenvalue weighted by atomic mass is 10.2. The Labute approximate surface area is 128 Å². The number of aromatic nitrogens is 4. The van der Waals surface area contributed by atoms with Crippen molar-refractivity contribution in [3.05, 3.63) is 35.7 Å². The van der Waals surface area contributed by atoms with Gasteiger partial charge in [-0.05, 0) is 41.1 Å². The molecule has 0 fully saturated rings. The van der Waals surface area contributed by atoms with Crippen molar-refractivity contribution in [2.75, 3.05) is 7.11 Å². The van der Waals surface area contributed by atoms with Crippen molar-refractivity contribution < 1.29 is 9.57 Å². The van der Waals surface area contributed by atoms with Crippen LogP contribution >= 0.6 is 0 Å². The molecule has 0 saturated heterocycles. The van der Waals surface area contributed by atoms with Gasteiger partial charge in [-0.25, -0.2) is 4.68 Å². The fraction of sp³-hybridized carbons (Fsp3) is 0.429. The van der Waals surface area contributed by atoms with Gasteiger partial charge in [0.2, 0.25) is 0 Å². The third-order valence-corrected chi connectivity index (χ3v) is 3.07. The zero-order chi connectivity index (χ0) is 15.8. The maximum Gasteiger partial charge on any atom is 0.191 e. The minimum Gasteiger partial charge on any atom is -0.497 e. The number of nitrogens with two attached hydrogens (primary N) is 1. The number of hydrogen-bond acceptors (Lipinski definition) is 6. The third-order valence-electron chi connectivity index (χ3n) is 3.07. The summed E-state index contributed by atoms with van der Waals surface area (Å²) in [7, 11) is 1.61. The number of oxime groups is 1. The molecule has 0 aliphatic rings. The number of benzene rings is 1. The van der Waals surface area contributed by atoms with Crippen LogP contribution in [0.1, 0.15) is 31.2 Å². The summed E-state index contributed by atoms with van der Waals surface area (Å²) >= 11 is 0. The van der Waals surface area contributed by atoms with E-state index in [1.54, 1.807) is 11.8 Å². The fourth-order valence-corrected chi connectivity index (χ4v) is 1.78. The minimum absolute atomic E-state index is 0.174. The summed E-state index contributed by atoms with van der Waals surface area (Å²) in [6.45, 7) is 3.05. The first kappa shape index (κ1) is 15.7. The summed E-state index contributed by atoms with van der Waals surface area (Å²) in [5, 5.41) is 15.4. The molecule has 8 heteroatoms. The molecule has 1 aromatic carbocycles. The zero-order valence-electron chi connectivity index (χ0n) is 12.8. The van der Waals surface area contributed by atoms with E-state index in [1.807, 2.05) is 24.3 Å². The van der Waals surface area contributed by atoms with Gasteiger partial charge in [0.25, 0.3) is 0 Å². The highest BCUT2D eigenvalue weighted by atomic mass is 16.6. The Morgan fingerprint density at radius 3 is 2.77 bits per heavy atom. The first-order valence-corrected chi connectivity index (χ1v) is 7.09. The number of methoxy groups -OCH3 is 1. The van der Waals surface area contributed by atoms with Crippen molar-refractivity contribution in [2.24, 2.45) is 10.9 Å². The Bertz CT molecular complexity index is 608. The molecule has 2 rings (SSSR count). The molecule has 0 atom stereocenters. The molecule has 2 N–H and O–H groups in total. The van der Waals surface area contributed by atoms with E-state index in [2.05, 4.69) is 27.6 Å². The first-order valence-electron chi connectivity index (χ1n) is 7.09. The molecule has 0 aliphatic heterocycles. The van der Waals surface area contributed by atoms with Crippen LogP contribution in [0, 0.1) is 0 Å². The quantitative estimate of drug-likeness (QED) is 0.448. The Morgan fingerprint density at radius 1 is 1.32 bits per heavy atom. The van der Waals surface area contributed by atoms with Crippen molar-refractivity contribution >= 4 is 5.84 Å².